The zero-order valence-electron chi connectivity index (χ0n) is 18.6. The van der Waals surface area contributed by atoms with Crippen LogP contribution in [-0.2, 0) is 5.41 Å². The van der Waals surface area contributed by atoms with Crippen molar-refractivity contribution in [2.75, 3.05) is 43.0 Å². The van der Waals surface area contributed by atoms with E-state index in [2.05, 4.69) is 49.2 Å². The van der Waals surface area contributed by atoms with Crippen LogP contribution in [0.25, 0.3) is 10.2 Å². The Morgan fingerprint density at radius 3 is 2.45 bits per heavy atom. The average Bonchev–Trinajstić information content (AvgIpc) is 3.19. The first-order valence-electron chi connectivity index (χ1n) is 10.8. The highest BCUT2D eigenvalue weighted by atomic mass is 32.1. The molecule has 31 heavy (non-hydrogen) atoms. The molecule has 1 aliphatic heterocycles. The van der Waals surface area contributed by atoms with Crippen LogP contribution in [0.4, 0.5) is 15.6 Å². The maximum atomic E-state index is 12.7. The summed E-state index contributed by atoms with van der Waals surface area (Å²) < 4.78 is 6.84. The van der Waals surface area contributed by atoms with Gasteiger partial charge in [-0.1, -0.05) is 50.3 Å². The summed E-state index contributed by atoms with van der Waals surface area (Å²) in [4.78, 5) is 21.7. The van der Waals surface area contributed by atoms with E-state index in [0.717, 1.165) is 39.9 Å². The van der Waals surface area contributed by atoms with E-state index in [9.17, 15) is 4.79 Å². The number of carbonyl (C=O) groups excluding carboxylic acids is 1. The van der Waals surface area contributed by atoms with E-state index in [1.165, 1.54) is 5.56 Å². The largest absolute Gasteiger partial charge is 0.492 e. The van der Waals surface area contributed by atoms with Crippen molar-refractivity contribution < 1.29 is 9.53 Å². The van der Waals surface area contributed by atoms with Crippen LogP contribution in [0.5, 0.6) is 5.75 Å². The summed E-state index contributed by atoms with van der Waals surface area (Å²) in [6.07, 6.45) is 0. The number of amides is 2. The number of aromatic nitrogens is 1. The fourth-order valence-electron chi connectivity index (χ4n) is 3.68. The van der Waals surface area contributed by atoms with Crippen molar-refractivity contribution in [3.05, 3.63) is 48.0 Å². The Morgan fingerprint density at radius 2 is 1.81 bits per heavy atom. The summed E-state index contributed by atoms with van der Waals surface area (Å²) in [5.74, 6) is 0.831. The van der Waals surface area contributed by atoms with Crippen LogP contribution in [0.3, 0.4) is 0 Å². The maximum Gasteiger partial charge on any atom is 0.321 e. The molecule has 1 fully saturated rings. The standard InChI is InChI=1S/C24H30N4O2S/c1-5-30-19-7-6-8-20-21(19)26-23(31-20)28-15-13-27(14-16-28)22(29)25-18-11-9-17(10-12-18)24(2,3)4/h6-12H,5,13-16H2,1-4H3,(H,25,29). The van der Waals surface area contributed by atoms with Crippen LogP contribution in [0.1, 0.15) is 33.3 Å². The number of hydrogen-bond acceptors (Lipinski definition) is 5. The molecule has 0 aliphatic carbocycles. The molecule has 1 N–H and O–H groups in total. The minimum absolute atomic E-state index is 0.0499. The van der Waals surface area contributed by atoms with Gasteiger partial charge in [0.25, 0.3) is 0 Å². The number of ether oxygens (including phenoxy) is 1. The SMILES string of the molecule is CCOc1cccc2sc(N3CCN(C(=O)Nc4ccc(C(C)(C)C)cc4)CC3)nc12. The van der Waals surface area contributed by atoms with Gasteiger partial charge in [0.05, 0.1) is 11.3 Å². The summed E-state index contributed by atoms with van der Waals surface area (Å²) in [5.41, 5.74) is 3.10. The Kier molecular flexibility index (Phi) is 6.05. The van der Waals surface area contributed by atoms with Gasteiger partial charge in [-0.3, -0.25) is 0 Å². The number of thiazole rings is 1. The lowest BCUT2D eigenvalue weighted by atomic mass is 9.87. The molecular formula is C24H30N4O2S. The second-order valence-corrected chi connectivity index (χ2v) is 9.77. The number of anilines is 2. The third-order valence-electron chi connectivity index (χ3n) is 5.51. The zero-order valence-corrected chi connectivity index (χ0v) is 19.5. The number of rotatable bonds is 4. The van der Waals surface area contributed by atoms with E-state index in [4.69, 9.17) is 9.72 Å². The molecule has 2 aromatic carbocycles. The van der Waals surface area contributed by atoms with Gasteiger partial charge in [-0.25, -0.2) is 9.78 Å². The monoisotopic (exact) mass is 438 g/mol. The highest BCUT2D eigenvalue weighted by molar-refractivity contribution is 7.22. The summed E-state index contributed by atoms with van der Waals surface area (Å²) in [6.45, 7) is 12.0. The van der Waals surface area contributed by atoms with Crippen LogP contribution in [0, 0.1) is 0 Å². The van der Waals surface area contributed by atoms with E-state index >= 15 is 0 Å². The molecule has 7 heteroatoms. The van der Waals surface area contributed by atoms with Gasteiger partial charge in [0.15, 0.2) is 5.13 Å². The number of hydrogen-bond donors (Lipinski definition) is 1. The number of carbonyl (C=O) groups is 1. The average molecular weight is 439 g/mol. The van der Waals surface area contributed by atoms with Crippen molar-refractivity contribution >= 4 is 38.4 Å². The smallest absolute Gasteiger partial charge is 0.321 e. The van der Waals surface area contributed by atoms with Gasteiger partial charge in [0, 0.05) is 31.9 Å². The molecule has 0 bridgehead atoms. The fraction of sp³-hybridized carbons (Fsp3) is 0.417. The molecule has 1 saturated heterocycles. The molecule has 0 atom stereocenters. The van der Waals surface area contributed by atoms with Crippen LogP contribution in [0.2, 0.25) is 0 Å². The van der Waals surface area contributed by atoms with E-state index in [-0.39, 0.29) is 11.4 Å². The van der Waals surface area contributed by atoms with Crippen LogP contribution < -0.4 is 15.0 Å². The van der Waals surface area contributed by atoms with Crippen LogP contribution >= 0.6 is 11.3 Å². The first-order chi connectivity index (χ1) is 14.8. The second-order valence-electron chi connectivity index (χ2n) is 8.76. The van der Waals surface area contributed by atoms with Crippen molar-refractivity contribution in [1.82, 2.24) is 9.88 Å². The molecule has 1 aliphatic rings. The minimum atomic E-state index is -0.0499. The van der Waals surface area contributed by atoms with E-state index < -0.39 is 0 Å². The maximum absolute atomic E-state index is 12.7. The van der Waals surface area contributed by atoms with Crippen LogP contribution in [-0.4, -0.2) is 48.7 Å². The minimum Gasteiger partial charge on any atom is -0.492 e. The number of urea groups is 1. The Bertz CT molecular complexity index is 1050. The third kappa shape index (κ3) is 4.77. The topological polar surface area (TPSA) is 57.7 Å². The number of nitrogens with one attached hydrogen (secondary N) is 1. The molecule has 0 radical (unpaired) electrons. The van der Waals surface area contributed by atoms with E-state index in [1.54, 1.807) is 11.3 Å². The fourth-order valence-corrected chi connectivity index (χ4v) is 4.71. The number of fused-ring (bicyclic) bond motifs is 1. The molecule has 1 aromatic heterocycles. The Balaban J connectivity index is 1.37. The van der Waals surface area contributed by atoms with Crippen molar-refractivity contribution in [3.8, 4) is 5.75 Å². The molecule has 164 valence electrons. The lowest BCUT2D eigenvalue weighted by Gasteiger charge is -2.34. The van der Waals surface area contributed by atoms with Crippen molar-refractivity contribution in [2.45, 2.75) is 33.1 Å². The highest BCUT2D eigenvalue weighted by Gasteiger charge is 2.24. The van der Waals surface area contributed by atoms with Crippen molar-refractivity contribution in [2.24, 2.45) is 0 Å². The highest BCUT2D eigenvalue weighted by Crippen LogP contribution is 2.34. The molecule has 0 spiro atoms. The molecule has 0 saturated carbocycles. The van der Waals surface area contributed by atoms with Gasteiger partial charge in [-0.15, -0.1) is 0 Å². The Labute approximate surface area is 187 Å². The first kappa shape index (κ1) is 21.4. The van der Waals surface area contributed by atoms with Crippen molar-refractivity contribution in [3.63, 3.8) is 0 Å². The molecule has 2 heterocycles. The molecule has 0 unspecified atom stereocenters. The quantitative estimate of drug-likeness (QED) is 0.597. The zero-order chi connectivity index (χ0) is 22.0. The lowest BCUT2D eigenvalue weighted by molar-refractivity contribution is 0.208. The Hall–Kier alpha value is -2.80. The lowest BCUT2D eigenvalue weighted by Crippen LogP contribution is -2.50. The van der Waals surface area contributed by atoms with Gasteiger partial charge in [0.2, 0.25) is 0 Å². The summed E-state index contributed by atoms with van der Waals surface area (Å²) in [5, 5.41) is 4.01. The Morgan fingerprint density at radius 1 is 1.10 bits per heavy atom. The molecular weight excluding hydrogens is 408 g/mol. The summed E-state index contributed by atoms with van der Waals surface area (Å²) in [6, 6.07) is 14.1. The van der Waals surface area contributed by atoms with Crippen LogP contribution in [0.15, 0.2) is 42.5 Å². The van der Waals surface area contributed by atoms with Gasteiger partial charge in [-0.2, -0.15) is 0 Å². The number of benzene rings is 2. The third-order valence-corrected chi connectivity index (χ3v) is 6.59. The van der Waals surface area contributed by atoms with Gasteiger partial charge >= 0.3 is 6.03 Å². The van der Waals surface area contributed by atoms with Gasteiger partial charge in [0.1, 0.15) is 11.3 Å². The molecule has 2 amide bonds. The number of nitrogens with zero attached hydrogens (tertiary/aromatic N) is 3. The summed E-state index contributed by atoms with van der Waals surface area (Å²) >= 11 is 1.68. The predicted octanol–water partition coefficient (Wildman–Crippen LogP) is 5.35. The summed E-state index contributed by atoms with van der Waals surface area (Å²) in [7, 11) is 0. The molecule has 3 aromatic rings. The number of para-hydroxylation sites is 1. The second kappa shape index (κ2) is 8.75. The van der Waals surface area contributed by atoms with E-state index in [0.29, 0.717) is 19.7 Å². The van der Waals surface area contributed by atoms with E-state index in [1.807, 2.05) is 36.1 Å². The van der Waals surface area contributed by atoms with Crippen molar-refractivity contribution in [1.29, 1.82) is 0 Å². The molecule has 4 rings (SSSR count). The first-order valence-corrected chi connectivity index (χ1v) is 11.6. The normalized spacial score (nSPS) is 14.7. The van der Waals surface area contributed by atoms with Gasteiger partial charge < -0.3 is 19.9 Å². The predicted molar refractivity (Wildman–Crippen MR) is 129 cm³/mol. The number of piperazine rings is 1. The van der Waals surface area contributed by atoms with Gasteiger partial charge in [-0.05, 0) is 42.2 Å². The molecule has 6 nitrogen and oxygen atoms in total.